The molecular formula is C38H21N3S2. The Balaban J connectivity index is 1.38. The average molecular weight is 584 g/mol. The molecule has 0 radical (unpaired) electrons. The summed E-state index contributed by atoms with van der Waals surface area (Å²) >= 11 is 3.65. The molecule has 0 unspecified atom stereocenters. The molecule has 0 saturated carbocycles. The highest BCUT2D eigenvalue weighted by Gasteiger charge is 2.22. The minimum absolute atomic E-state index is 0.700. The van der Waals surface area contributed by atoms with E-state index in [1.54, 1.807) is 11.3 Å². The van der Waals surface area contributed by atoms with E-state index in [-0.39, 0.29) is 0 Å². The molecule has 5 heteroatoms. The summed E-state index contributed by atoms with van der Waals surface area (Å²) in [6.45, 7) is 0. The van der Waals surface area contributed by atoms with Crippen molar-refractivity contribution in [2.75, 3.05) is 0 Å². The smallest absolute Gasteiger partial charge is 0.235 e. The standard InChI is InChI=1S/C38H21N3S2/c1-2-12-23-22(10-1)11-9-16-25(23)34-37-35(28-15-5-8-19-32(28)43-37)40-38(39-34)41-29-17-6-3-14-27(29)33-30(41)21-20-26-24-13-4-7-18-31(24)42-36(26)33/h1-21H. The Kier molecular flexibility index (Phi) is 4.75. The molecule has 4 aromatic heterocycles. The van der Waals surface area contributed by atoms with Crippen LogP contribution in [-0.4, -0.2) is 14.5 Å². The fraction of sp³-hybridized carbons (Fsp3) is 0. The van der Waals surface area contributed by atoms with Crippen LogP contribution in [0.2, 0.25) is 0 Å². The number of aromatic nitrogens is 3. The van der Waals surface area contributed by atoms with Gasteiger partial charge in [-0.3, -0.25) is 4.57 Å². The Morgan fingerprint density at radius 1 is 0.465 bits per heavy atom. The number of fused-ring (bicyclic) bond motifs is 11. The van der Waals surface area contributed by atoms with Gasteiger partial charge in [0.05, 0.1) is 26.9 Å². The van der Waals surface area contributed by atoms with E-state index in [1.165, 1.54) is 51.8 Å². The molecule has 3 nitrogen and oxygen atoms in total. The van der Waals surface area contributed by atoms with Crippen molar-refractivity contribution in [1.29, 1.82) is 0 Å². The van der Waals surface area contributed by atoms with Gasteiger partial charge in [0.15, 0.2) is 0 Å². The van der Waals surface area contributed by atoms with Gasteiger partial charge in [-0.15, -0.1) is 22.7 Å². The van der Waals surface area contributed by atoms with Gasteiger partial charge in [0, 0.05) is 46.6 Å². The molecular weight excluding hydrogens is 563 g/mol. The molecule has 0 spiro atoms. The van der Waals surface area contributed by atoms with Crippen LogP contribution in [0.1, 0.15) is 0 Å². The van der Waals surface area contributed by atoms with Crippen molar-refractivity contribution in [3.05, 3.63) is 127 Å². The Labute approximate surface area is 253 Å². The minimum atomic E-state index is 0.700. The zero-order valence-electron chi connectivity index (χ0n) is 22.8. The monoisotopic (exact) mass is 583 g/mol. The molecule has 43 heavy (non-hydrogen) atoms. The molecule has 10 aromatic rings. The molecule has 10 rings (SSSR count). The molecule has 0 N–H and O–H groups in total. The maximum Gasteiger partial charge on any atom is 0.235 e. The lowest BCUT2D eigenvalue weighted by atomic mass is 10.0. The average Bonchev–Trinajstić information content (AvgIpc) is 3.73. The maximum absolute atomic E-state index is 5.45. The molecule has 6 aromatic carbocycles. The number of hydrogen-bond acceptors (Lipinski definition) is 4. The van der Waals surface area contributed by atoms with Crippen molar-refractivity contribution in [3.8, 4) is 17.2 Å². The van der Waals surface area contributed by atoms with Crippen LogP contribution in [0.25, 0.3) is 90.3 Å². The third kappa shape index (κ3) is 3.23. The highest BCUT2D eigenvalue weighted by Crippen LogP contribution is 2.44. The molecule has 0 fully saturated rings. The lowest BCUT2D eigenvalue weighted by Gasteiger charge is -2.11. The zero-order valence-corrected chi connectivity index (χ0v) is 24.4. The molecule has 0 amide bonds. The van der Waals surface area contributed by atoms with E-state index in [0.717, 1.165) is 32.5 Å². The second-order valence-electron chi connectivity index (χ2n) is 11.0. The Hall–Kier alpha value is -5.10. The van der Waals surface area contributed by atoms with Crippen molar-refractivity contribution in [2.45, 2.75) is 0 Å². The predicted octanol–water partition coefficient (Wildman–Crippen LogP) is 11.1. The van der Waals surface area contributed by atoms with Crippen LogP contribution < -0.4 is 0 Å². The second kappa shape index (κ2) is 8.71. The number of hydrogen-bond donors (Lipinski definition) is 0. The number of para-hydroxylation sites is 1. The lowest BCUT2D eigenvalue weighted by Crippen LogP contribution is -2.02. The molecule has 0 aliphatic carbocycles. The summed E-state index contributed by atoms with van der Waals surface area (Å²) in [5.41, 5.74) is 5.36. The minimum Gasteiger partial charge on any atom is -0.278 e. The molecule has 0 bridgehead atoms. The third-order valence-corrected chi connectivity index (χ3v) is 11.0. The Morgan fingerprint density at radius 3 is 2.02 bits per heavy atom. The summed E-state index contributed by atoms with van der Waals surface area (Å²) in [6, 6.07) is 45.6. The first-order valence-corrected chi connectivity index (χ1v) is 16.0. The first-order valence-electron chi connectivity index (χ1n) is 14.3. The summed E-state index contributed by atoms with van der Waals surface area (Å²) in [4.78, 5) is 10.8. The SMILES string of the molecule is c1ccc2c(-c3nc(-n4c5ccccc5c5c6sc7ccccc7c6ccc54)nc4c3sc3ccccc34)cccc2c1. The van der Waals surface area contributed by atoms with Gasteiger partial charge in [0.2, 0.25) is 5.95 Å². The fourth-order valence-corrected chi connectivity index (χ4v) is 9.15. The van der Waals surface area contributed by atoms with Gasteiger partial charge in [-0.25, -0.2) is 9.97 Å². The van der Waals surface area contributed by atoms with E-state index in [4.69, 9.17) is 9.97 Å². The quantitative estimate of drug-likeness (QED) is 0.203. The van der Waals surface area contributed by atoms with Crippen LogP contribution in [0, 0.1) is 0 Å². The summed E-state index contributed by atoms with van der Waals surface area (Å²) in [5, 5.41) is 8.66. The number of benzene rings is 6. The van der Waals surface area contributed by atoms with Crippen LogP contribution in [0.3, 0.4) is 0 Å². The van der Waals surface area contributed by atoms with Crippen LogP contribution >= 0.6 is 22.7 Å². The zero-order chi connectivity index (χ0) is 28.1. The van der Waals surface area contributed by atoms with E-state index in [9.17, 15) is 0 Å². The van der Waals surface area contributed by atoms with Gasteiger partial charge >= 0.3 is 0 Å². The molecule has 0 atom stereocenters. The summed E-state index contributed by atoms with van der Waals surface area (Å²) in [7, 11) is 0. The summed E-state index contributed by atoms with van der Waals surface area (Å²) < 4.78 is 7.23. The van der Waals surface area contributed by atoms with Crippen molar-refractivity contribution >= 4 is 95.7 Å². The van der Waals surface area contributed by atoms with Gasteiger partial charge in [0.25, 0.3) is 0 Å². The highest BCUT2D eigenvalue weighted by molar-refractivity contribution is 7.27. The summed E-state index contributed by atoms with van der Waals surface area (Å²) in [5.74, 6) is 0.700. The van der Waals surface area contributed by atoms with E-state index in [2.05, 4.69) is 132 Å². The fourth-order valence-electron chi connectivity index (χ4n) is 6.74. The maximum atomic E-state index is 5.45. The lowest BCUT2D eigenvalue weighted by molar-refractivity contribution is 1.02. The molecule has 4 heterocycles. The van der Waals surface area contributed by atoms with Crippen LogP contribution in [0.5, 0.6) is 0 Å². The number of rotatable bonds is 2. The van der Waals surface area contributed by atoms with Gasteiger partial charge in [-0.1, -0.05) is 103 Å². The van der Waals surface area contributed by atoms with Crippen LogP contribution in [0.15, 0.2) is 127 Å². The van der Waals surface area contributed by atoms with E-state index >= 15 is 0 Å². The van der Waals surface area contributed by atoms with Gasteiger partial charge < -0.3 is 0 Å². The van der Waals surface area contributed by atoms with Crippen molar-refractivity contribution in [3.63, 3.8) is 0 Å². The first kappa shape index (κ1) is 23.5. The van der Waals surface area contributed by atoms with Crippen molar-refractivity contribution < 1.29 is 0 Å². The van der Waals surface area contributed by atoms with E-state index in [1.807, 2.05) is 11.3 Å². The third-order valence-electron chi connectivity index (χ3n) is 8.63. The van der Waals surface area contributed by atoms with Crippen LogP contribution in [0.4, 0.5) is 0 Å². The van der Waals surface area contributed by atoms with E-state index in [0.29, 0.717) is 5.95 Å². The Bertz CT molecular complexity index is 2740. The van der Waals surface area contributed by atoms with E-state index < -0.39 is 0 Å². The topological polar surface area (TPSA) is 30.7 Å². The van der Waals surface area contributed by atoms with Crippen molar-refractivity contribution in [2.24, 2.45) is 0 Å². The van der Waals surface area contributed by atoms with Gasteiger partial charge in [0.1, 0.15) is 0 Å². The van der Waals surface area contributed by atoms with Crippen LogP contribution in [-0.2, 0) is 0 Å². The molecule has 200 valence electrons. The number of nitrogens with zero attached hydrogens (tertiary/aromatic N) is 3. The summed E-state index contributed by atoms with van der Waals surface area (Å²) in [6.07, 6.45) is 0. The normalized spacial score (nSPS) is 12.2. The highest BCUT2D eigenvalue weighted by atomic mass is 32.1. The largest absolute Gasteiger partial charge is 0.278 e. The van der Waals surface area contributed by atoms with Crippen molar-refractivity contribution in [1.82, 2.24) is 14.5 Å². The van der Waals surface area contributed by atoms with Gasteiger partial charge in [-0.2, -0.15) is 0 Å². The predicted molar refractivity (Wildman–Crippen MR) is 185 cm³/mol. The molecule has 0 aliphatic rings. The first-order chi connectivity index (χ1) is 21.3. The molecule has 0 aliphatic heterocycles. The molecule has 0 saturated heterocycles. The Morgan fingerprint density at radius 2 is 1.14 bits per heavy atom. The van der Waals surface area contributed by atoms with Gasteiger partial charge in [-0.05, 0) is 35.0 Å². The number of thiophene rings is 2. The second-order valence-corrected chi connectivity index (χ2v) is 13.1.